The minimum atomic E-state index is -1.24. The fourth-order valence-corrected chi connectivity index (χ4v) is 4.68. The molecule has 1 N–H and O–H groups in total. The molecule has 3 rings (SSSR count). The van der Waals surface area contributed by atoms with E-state index in [0.717, 1.165) is 8.66 Å². The highest BCUT2D eigenvalue weighted by molar-refractivity contribution is 9.11. The van der Waals surface area contributed by atoms with Crippen LogP contribution in [0.5, 0.6) is 0 Å². The normalized spacial score (nSPS) is 20.3. The van der Waals surface area contributed by atoms with Gasteiger partial charge in [0.05, 0.1) is 26.5 Å². The fraction of sp³-hybridized carbons (Fsp3) is 0.200. The van der Waals surface area contributed by atoms with E-state index in [1.54, 1.807) is 18.2 Å². The van der Waals surface area contributed by atoms with E-state index < -0.39 is 24.6 Å². The SMILES string of the molecule is O=C(O)C1=NN(c2ccc(Cl)cc2Cl)C(c2ccc(Br)s2)C1CF. The maximum atomic E-state index is 13.7. The monoisotopic (exact) mass is 450 g/mol. The lowest BCUT2D eigenvalue weighted by atomic mass is 9.95. The first-order chi connectivity index (χ1) is 11.4. The van der Waals surface area contributed by atoms with Crippen molar-refractivity contribution in [2.75, 3.05) is 11.7 Å². The van der Waals surface area contributed by atoms with Gasteiger partial charge in [-0.1, -0.05) is 23.2 Å². The van der Waals surface area contributed by atoms with Gasteiger partial charge in [-0.2, -0.15) is 5.10 Å². The molecule has 0 aliphatic carbocycles. The lowest BCUT2D eigenvalue weighted by molar-refractivity contribution is -0.129. The number of hydrazone groups is 1. The molecule has 2 heterocycles. The summed E-state index contributed by atoms with van der Waals surface area (Å²) in [5.41, 5.74) is 0.253. The second kappa shape index (κ2) is 7.00. The van der Waals surface area contributed by atoms with Gasteiger partial charge in [0, 0.05) is 9.90 Å². The largest absolute Gasteiger partial charge is 0.477 e. The molecule has 2 atom stereocenters. The van der Waals surface area contributed by atoms with Gasteiger partial charge in [0.25, 0.3) is 0 Å². The van der Waals surface area contributed by atoms with Crippen molar-refractivity contribution in [3.63, 3.8) is 0 Å². The summed E-state index contributed by atoms with van der Waals surface area (Å²) in [5.74, 6) is -2.13. The van der Waals surface area contributed by atoms with Crippen LogP contribution in [0.25, 0.3) is 0 Å². The van der Waals surface area contributed by atoms with Crippen LogP contribution in [0.4, 0.5) is 10.1 Å². The van der Waals surface area contributed by atoms with E-state index in [1.807, 2.05) is 12.1 Å². The number of rotatable bonds is 4. The van der Waals surface area contributed by atoms with Crippen molar-refractivity contribution in [2.45, 2.75) is 6.04 Å². The zero-order valence-electron chi connectivity index (χ0n) is 11.9. The third kappa shape index (κ3) is 3.18. The zero-order chi connectivity index (χ0) is 17.4. The second-order valence-corrected chi connectivity index (χ2v) is 8.42. The van der Waals surface area contributed by atoms with Gasteiger partial charge >= 0.3 is 5.97 Å². The van der Waals surface area contributed by atoms with E-state index in [-0.39, 0.29) is 5.71 Å². The third-order valence-corrected chi connectivity index (χ3v) is 5.87. The Morgan fingerprint density at radius 3 is 2.67 bits per heavy atom. The van der Waals surface area contributed by atoms with Gasteiger partial charge in [-0.05, 0) is 46.3 Å². The minimum Gasteiger partial charge on any atom is -0.477 e. The highest BCUT2D eigenvalue weighted by Gasteiger charge is 2.43. The maximum absolute atomic E-state index is 13.7. The maximum Gasteiger partial charge on any atom is 0.352 e. The smallest absolute Gasteiger partial charge is 0.352 e. The number of hydrogen-bond donors (Lipinski definition) is 1. The Morgan fingerprint density at radius 1 is 1.38 bits per heavy atom. The van der Waals surface area contributed by atoms with Gasteiger partial charge in [0.2, 0.25) is 0 Å². The number of halogens is 4. The summed E-state index contributed by atoms with van der Waals surface area (Å²) in [6, 6.07) is 7.87. The summed E-state index contributed by atoms with van der Waals surface area (Å²) in [4.78, 5) is 12.3. The van der Waals surface area contributed by atoms with Crippen LogP contribution in [-0.4, -0.2) is 23.5 Å². The molecular formula is C15H10BrCl2FN2O2S. The quantitative estimate of drug-likeness (QED) is 0.676. The van der Waals surface area contributed by atoms with Crippen molar-refractivity contribution < 1.29 is 14.3 Å². The summed E-state index contributed by atoms with van der Waals surface area (Å²) in [7, 11) is 0. The molecule has 0 fully saturated rings. The lowest BCUT2D eigenvalue weighted by Crippen LogP contribution is -2.29. The van der Waals surface area contributed by atoms with Gasteiger partial charge in [0.1, 0.15) is 6.67 Å². The van der Waals surface area contributed by atoms with Gasteiger partial charge in [-0.25, -0.2) is 4.79 Å². The molecular weight excluding hydrogens is 442 g/mol. The van der Waals surface area contributed by atoms with Crippen LogP contribution in [0.1, 0.15) is 10.9 Å². The molecule has 0 spiro atoms. The number of carboxylic acids is 1. The Hall–Kier alpha value is -1.15. The minimum absolute atomic E-state index is 0.224. The highest BCUT2D eigenvalue weighted by Crippen LogP contribution is 2.45. The van der Waals surface area contributed by atoms with Crippen LogP contribution in [-0.2, 0) is 4.79 Å². The van der Waals surface area contributed by atoms with E-state index in [0.29, 0.717) is 15.7 Å². The summed E-state index contributed by atoms with van der Waals surface area (Å²) >= 11 is 16.9. The molecule has 1 aliphatic rings. The van der Waals surface area contributed by atoms with E-state index in [4.69, 9.17) is 23.2 Å². The topological polar surface area (TPSA) is 52.9 Å². The fourth-order valence-electron chi connectivity index (χ4n) is 2.61. The first kappa shape index (κ1) is 17.7. The predicted octanol–water partition coefficient (Wildman–Crippen LogP) is 5.41. The zero-order valence-corrected chi connectivity index (χ0v) is 15.8. The second-order valence-electron chi connectivity index (χ2n) is 5.08. The van der Waals surface area contributed by atoms with E-state index in [2.05, 4.69) is 21.0 Å². The van der Waals surface area contributed by atoms with Gasteiger partial charge < -0.3 is 5.11 Å². The summed E-state index contributed by atoms with van der Waals surface area (Å²) in [6.45, 7) is -0.840. The van der Waals surface area contributed by atoms with Crippen LogP contribution in [0, 0.1) is 5.92 Å². The third-order valence-electron chi connectivity index (χ3n) is 3.64. The Labute approximate surface area is 159 Å². The number of nitrogens with zero attached hydrogens (tertiary/aromatic N) is 2. The van der Waals surface area contributed by atoms with Crippen molar-refractivity contribution in [3.05, 3.63) is 49.0 Å². The van der Waals surface area contributed by atoms with Crippen molar-refractivity contribution in [2.24, 2.45) is 11.0 Å². The van der Waals surface area contributed by atoms with E-state index in [9.17, 15) is 14.3 Å². The average molecular weight is 452 g/mol. The molecule has 2 aromatic rings. The molecule has 0 bridgehead atoms. The molecule has 0 saturated heterocycles. The number of carboxylic acid groups (broad SMARTS) is 1. The molecule has 0 radical (unpaired) electrons. The Morgan fingerprint density at radius 2 is 2.12 bits per heavy atom. The van der Waals surface area contributed by atoms with Crippen LogP contribution >= 0.6 is 50.5 Å². The lowest BCUT2D eigenvalue weighted by Gasteiger charge is -2.26. The molecule has 9 heteroatoms. The Balaban J connectivity index is 2.13. The van der Waals surface area contributed by atoms with Gasteiger partial charge in [-0.3, -0.25) is 9.40 Å². The average Bonchev–Trinajstić information content (AvgIpc) is 3.10. The molecule has 126 valence electrons. The van der Waals surface area contributed by atoms with E-state index >= 15 is 0 Å². The van der Waals surface area contributed by atoms with Crippen LogP contribution in [0.15, 0.2) is 39.2 Å². The van der Waals surface area contributed by atoms with Crippen LogP contribution < -0.4 is 5.01 Å². The van der Waals surface area contributed by atoms with Gasteiger partial charge in [0.15, 0.2) is 5.71 Å². The highest BCUT2D eigenvalue weighted by atomic mass is 79.9. The van der Waals surface area contributed by atoms with Crippen molar-refractivity contribution >= 4 is 67.8 Å². The molecule has 0 saturated carbocycles. The van der Waals surface area contributed by atoms with Crippen LogP contribution in [0.2, 0.25) is 10.0 Å². The molecule has 24 heavy (non-hydrogen) atoms. The molecule has 1 aromatic heterocycles. The number of benzene rings is 1. The molecule has 1 aromatic carbocycles. The van der Waals surface area contributed by atoms with Crippen molar-refractivity contribution in [1.29, 1.82) is 0 Å². The molecule has 4 nitrogen and oxygen atoms in total. The van der Waals surface area contributed by atoms with Crippen molar-refractivity contribution in [1.82, 2.24) is 0 Å². The van der Waals surface area contributed by atoms with Crippen LogP contribution in [0.3, 0.4) is 0 Å². The number of aliphatic carboxylic acids is 1. The number of thiophene rings is 1. The van der Waals surface area contributed by atoms with Crippen molar-refractivity contribution in [3.8, 4) is 0 Å². The molecule has 1 aliphatic heterocycles. The number of carbonyl (C=O) groups is 1. The number of alkyl halides is 1. The summed E-state index contributed by atoms with van der Waals surface area (Å²) in [5, 5.41) is 15.7. The standard InChI is InChI=1S/C15H10BrCl2FN2O2S/c16-12-4-3-11(24-12)14-8(6-19)13(15(22)23)20-21(14)10-2-1-7(17)5-9(10)18/h1-5,8,14H,6H2,(H,22,23). The van der Waals surface area contributed by atoms with Gasteiger partial charge in [-0.15, -0.1) is 11.3 Å². The molecule has 2 unspecified atom stereocenters. The van der Waals surface area contributed by atoms with E-state index in [1.165, 1.54) is 16.3 Å². The Kier molecular flexibility index (Phi) is 5.15. The summed E-state index contributed by atoms with van der Waals surface area (Å²) in [6.07, 6.45) is 0. The molecule has 0 amide bonds. The first-order valence-electron chi connectivity index (χ1n) is 6.79. The first-order valence-corrected chi connectivity index (χ1v) is 9.16. The predicted molar refractivity (Wildman–Crippen MR) is 98.2 cm³/mol. The number of anilines is 1. The number of hydrogen-bond acceptors (Lipinski definition) is 4. The summed E-state index contributed by atoms with van der Waals surface area (Å²) < 4.78 is 14.5. The Bertz CT molecular complexity index is 830.